The lowest BCUT2D eigenvalue weighted by Crippen LogP contribution is -2.34. The third-order valence-corrected chi connectivity index (χ3v) is 5.06. The molecule has 1 amide bonds. The highest BCUT2D eigenvalue weighted by molar-refractivity contribution is 7.13. The number of hydrogen-bond donors (Lipinski definition) is 0. The Balaban J connectivity index is 1.62. The molecule has 0 radical (unpaired) electrons. The quantitative estimate of drug-likeness (QED) is 0.548. The highest BCUT2D eigenvalue weighted by Gasteiger charge is 2.15. The molecule has 4 heteroatoms. The second-order valence-electron chi connectivity index (χ2n) is 6.05. The van der Waals surface area contributed by atoms with Gasteiger partial charge in [-0.3, -0.25) is 4.79 Å². The van der Waals surface area contributed by atoms with Gasteiger partial charge in [-0.15, -0.1) is 17.9 Å². The number of amides is 1. The van der Waals surface area contributed by atoms with Gasteiger partial charge in [0, 0.05) is 24.0 Å². The van der Waals surface area contributed by atoms with Crippen LogP contribution in [0, 0.1) is 0 Å². The van der Waals surface area contributed by atoms with Crippen molar-refractivity contribution in [3.8, 4) is 10.6 Å². The smallest absolute Gasteiger partial charge is 0.228 e. The number of nitrogens with zero attached hydrogens (tertiary/aromatic N) is 2. The molecule has 0 fully saturated rings. The summed E-state index contributed by atoms with van der Waals surface area (Å²) < 4.78 is 0. The van der Waals surface area contributed by atoms with Crippen LogP contribution in [0.4, 0.5) is 0 Å². The van der Waals surface area contributed by atoms with Crippen molar-refractivity contribution in [2.75, 3.05) is 13.1 Å². The summed E-state index contributed by atoms with van der Waals surface area (Å²) >= 11 is 1.58. The maximum Gasteiger partial charge on any atom is 0.228 e. The Morgan fingerprint density at radius 1 is 1.08 bits per heavy atom. The van der Waals surface area contributed by atoms with Crippen molar-refractivity contribution in [1.29, 1.82) is 0 Å². The van der Waals surface area contributed by atoms with E-state index >= 15 is 0 Å². The van der Waals surface area contributed by atoms with Crippen molar-refractivity contribution < 1.29 is 4.79 Å². The summed E-state index contributed by atoms with van der Waals surface area (Å²) in [4.78, 5) is 19.2. The molecule has 3 nitrogen and oxygen atoms in total. The van der Waals surface area contributed by atoms with Crippen molar-refractivity contribution in [1.82, 2.24) is 9.88 Å². The minimum atomic E-state index is 0.0887. The van der Waals surface area contributed by atoms with Crippen LogP contribution >= 0.6 is 11.3 Å². The molecule has 0 aliphatic carbocycles. The fourth-order valence-corrected chi connectivity index (χ4v) is 3.58. The summed E-state index contributed by atoms with van der Waals surface area (Å²) in [6.45, 7) is 5.02. The van der Waals surface area contributed by atoms with Gasteiger partial charge in [-0.1, -0.05) is 66.7 Å². The van der Waals surface area contributed by atoms with E-state index in [0.717, 1.165) is 22.7 Å². The molecule has 26 heavy (non-hydrogen) atoms. The Morgan fingerprint density at radius 2 is 1.77 bits per heavy atom. The van der Waals surface area contributed by atoms with Crippen LogP contribution in [-0.2, 0) is 17.6 Å². The number of carbonyl (C=O) groups is 1. The summed E-state index contributed by atoms with van der Waals surface area (Å²) in [6.07, 6.45) is 2.94. The lowest BCUT2D eigenvalue weighted by atomic mass is 10.1. The Labute approximate surface area is 158 Å². The Kier molecular flexibility index (Phi) is 6.34. The molecule has 0 atom stereocenters. The lowest BCUT2D eigenvalue weighted by molar-refractivity contribution is -0.130. The molecule has 0 saturated carbocycles. The molecule has 3 rings (SSSR count). The van der Waals surface area contributed by atoms with E-state index in [0.29, 0.717) is 19.5 Å². The van der Waals surface area contributed by atoms with Crippen molar-refractivity contribution in [3.63, 3.8) is 0 Å². The number of benzene rings is 2. The van der Waals surface area contributed by atoms with Crippen LogP contribution < -0.4 is 0 Å². The van der Waals surface area contributed by atoms with Gasteiger partial charge < -0.3 is 4.90 Å². The molecule has 132 valence electrons. The third-order valence-electron chi connectivity index (χ3n) is 4.12. The Hall–Kier alpha value is -2.72. The van der Waals surface area contributed by atoms with Crippen LogP contribution in [0.1, 0.15) is 11.3 Å². The zero-order valence-corrected chi connectivity index (χ0v) is 15.5. The van der Waals surface area contributed by atoms with Gasteiger partial charge in [-0.25, -0.2) is 4.98 Å². The second kappa shape index (κ2) is 9.11. The molecule has 0 aliphatic heterocycles. The number of thiazole rings is 1. The van der Waals surface area contributed by atoms with Crippen LogP contribution in [0.3, 0.4) is 0 Å². The average Bonchev–Trinajstić information content (AvgIpc) is 3.15. The molecule has 0 saturated heterocycles. The minimum absolute atomic E-state index is 0.0887. The van der Waals surface area contributed by atoms with E-state index in [1.165, 1.54) is 5.56 Å². The van der Waals surface area contributed by atoms with Gasteiger partial charge in [0.05, 0.1) is 12.1 Å². The Morgan fingerprint density at radius 3 is 2.46 bits per heavy atom. The molecular formula is C22H22N2OS. The van der Waals surface area contributed by atoms with Crippen molar-refractivity contribution in [2.24, 2.45) is 0 Å². The molecular weight excluding hydrogens is 340 g/mol. The van der Waals surface area contributed by atoms with Gasteiger partial charge in [0.1, 0.15) is 5.01 Å². The zero-order chi connectivity index (χ0) is 18.2. The van der Waals surface area contributed by atoms with Crippen LogP contribution in [0.5, 0.6) is 0 Å². The van der Waals surface area contributed by atoms with E-state index in [1.807, 2.05) is 58.8 Å². The topological polar surface area (TPSA) is 33.2 Å². The van der Waals surface area contributed by atoms with Gasteiger partial charge >= 0.3 is 0 Å². The van der Waals surface area contributed by atoms with Gasteiger partial charge in [0.25, 0.3) is 0 Å². The van der Waals surface area contributed by atoms with Crippen molar-refractivity contribution >= 4 is 17.2 Å². The fraction of sp³-hybridized carbons (Fsp3) is 0.182. The summed E-state index contributed by atoms with van der Waals surface area (Å²) in [6, 6.07) is 20.3. The predicted octanol–water partition coefficient (Wildman–Crippen LogP) is 4.61. The van der Waals surface area contributed by atoms with E-state index in [4.69, 9.17) is 0 Å². The molecule has 0 aliphatic rings. The monoisotopic (exact) mass is 362 g/mol. The normalized spacial score (nSPS) is 10.5. The van der Waals surface area contributed by atoms with Crippen molar-refractivity contribution in [3.05, 3.63) is 90.0 Å². The van der Waals surface area contributed by atoms with Crippen LogP contribution in [-0.4, -0.2) is 28.9 Å². The number of hydrogen-bond acceptors (Lipinski definition) is 3. The van der Waals surface area contributed by atoms with Gasteiger partial charge in [-0.05, 0) is 12.0 Å². The zero-order valence-electron chi connectivity index (χ0n) is 14.7. The van der Waals surface area contributed by atoms with Crippen LogP contribution in [0.15, 0.2) is 78.7 Å². The average molecular weight is 362 g/mol. The highest BCUT2D eigenvalue weighted by atomic mass is 32.1. The molecule has 0 bridgehead atoms. The maximum absolute atomic E-state index is 12.7. The Bertz CT molecular complexity index is 843. The first-order valence-corrected chi connectivity index (χ1v) is 9.56. The van der Waals surface area contributed by atoms with Gasteiger partial charge in [0.2, 0.25) is 5.91 Å². The molecule has 0 unspecified atom stereocenters. The molecule has 0 spiro atoms. The number of carbonyl (C=O) groups excluding carboxylic acids is 1. The van der Waals surface area contributed by atoms with Gasteiger partial charge in [-0.2, -0.15) is 0 Å². The van der Waals surface area contributed by atoms with Crippen LogP contribution in [0.25, 0.3) is 10.6 Å². The van der Waals surface area contributed by atoms with Crippen molar-refractivity contribution in [2.45, 2.75) is 12.8 Å². The molecule has 0 N–H and O–H groups in total. The fourth-order valence-electron chi connectivity index (χ4n) is 2.75. The summed E-state index contributed by atoms with van der Waals surface area (Å²) in [5, 5.41) is 2.93. The van der Waals surface area contributed by atoms with E-state index in [-0.39, 0.29) is 5.91 Å². The van der Waals surface area contributed by atoms with E-state index in [2.05, 4.69) is 23.7 Å². The number of rotatable bonds is 8. The number of aromatic nitrogens is 1. The molecule has 2 aromatic carbocycles. The minimum Gasteiger partial charge on any atom is -0.338 e. The highest BCUT2D eigenvalue weighted by Crippen LogP contribution is 2.23. The first kappa shape index (κ1) is 18.1. The molecule has 1 aromatic heterocycles. The van der Waals surface area contributed by atoms with E-state index in [1.54, 1.807) is 17.4 Å². The predicted molar refractivity (Wildman–Crippen MR) is 108 cm³/mol. The standard InChI is InChI=1S/C22H22N2OS/c1-2-14-24(15-13-18-9-5-3-6-10-18)21(25)16-20-17-26-22(23-20)19-11-7-4-8-12-19/h2-12,17H,1,13-16H2. The third kappa shape index (κ3) is 4.90. The summed E-state index contributed by atoms with van der Waals surface area (Å²) in [7, 11) is 0. The molecule has 1 heterocycles. The van der Waals surface area contributed by atoms with E-state index in [9.17, 15) is 4.79 Å². The largest absolute Gasteiger partial charge is 0.338 e. The molecule has 3 aromatic rings. The first-order valence-electron chi connectivity index (χ1n) is 8.68. The SMILES string of the molecule is C=CCN(CCc1ccccc1)C(=O)Cc1csc(-c2ccccc2)n1. The summed E-state index contributed by atoms with van der Waals surface area (Å²) in [5.74, 6) is 0.0887. The second-order valence-corrected chi connectivity index (χ2v) is 6.91. The van der Waals surface area contributed by atoms with Crippen LogP contribution in [0.2, 0.25) is 0 Å². The summed E-state index contributed by atoms with van der Waals surface area (Å²) in [5.41, 5.74) is 3.14. The lowest BCUT2D eigenvalue weighted by Gasteiger charge is -2.21. The van der Waals surface area contributed by atoms with E-state index < -0.39 is 0 Å². The maximum atomic E-state index is 12.7. The van der Waals surface area contributed by atoms with Gasteiger partial charge in [0.15, 0.2) is 0 Å². The first-order chi connectivity index (χ1) is 12.8.